The Kier molecular flexibility index (Phi) is 4.90. The predicted molar refractivity (Wildman–Crippen MR) is 107 cm³/mol. The molecule has 6 nitrogen and oxygen atoms in total. The molecule has 1 aliphatic heterocycles. The van der Waals surface area contributed by atoms with Gasteiger partial charge >= 0.3 is 0 Å². The Morgan fingerprint density at radius 3 is 2.93 bits per heavy atom. The van der Waals surface area contributed by atoms with E-state index in [2.05, 4.69) is 38.2 Å². The first kappa shape index (κ1) is 17.7. The van der Waals surface area contributed by atoms with Gasteiger partial charge < -0.3 is 10.2 Å². The molecule has 1 amide bonds. The number of pyridine rings is 1. The third-order valence-corrected chi connectivity index (χ3v) is 5.06. The van der Waals surface area contributed by atoms with Gasteiger partial charge in [0.1, 0.15) is 18.0 Å². The van der Waals surface area contributed by atoms with E-state index in [0.717, 1.165) is 36.1 Å². The molecular formula is C20H20ClN5O. The third kappa shape index (κ3) is 3.85. The highest BCUT2D eigenvalue weighted by Crippen LogP contribution is 2.28. The lowest BCUT2D eigenvalue weighted by molar-refractivity contribution is -0.120. The number of piperidine rings is 1. The highest BCUT2D eigenvalue weighted by Gasteiger charge is 2.27. The van der Waals surface area contributed by atoms with Crippen LogP contribution in [0.3, 0.4) is 0 Å². The maximum absolute atomic E-state index is 12.7. The van der Waals surface area contributed by atoms with E-state index >= 15 is 0 Å². The van der Waals surface area contributed by atoms with E-state index < -0.39 is 0 Å². The fraction of sp³-hybridized carbons (Fsp3) is 0.300. The van der Waals surface area contributed by atoms with Crippen LogP contribution in [-0.4, -0.2) is 33.9 Å². The lowest BCUT2D eigenvalue weighted by Gasteiger charge is -2.33. The quantitative estimate of drug-likeness (QED) is 0.746. The zero-order valence-electron chi connectivity index (χ0n) is 15.0. The fourth-order valence-corrected chi connectivity index (χ4v) is 3.58. The van der Waals surface area contributed by atoms with Crippen LogP contribution in [0.5, 0.6) is 0 Å². The Morgan fingerprint density at radius 2 is 2.11 bits per heavy atom. The van der Waals surface area contributed by atoms with E-state index in [1.165, 1.54) is 11.8 Å². The zero-order chi connectivity index (χ0) is 18.8. The van der Waals surface area contributed by atoms with Gasteiger partial charge in [-0.25, -0.2) is 15.0 Å². The highest BCUT2D eigenvalue weighted by molar-refractivity contribution is 6.30. The Morgan fingerprint density at radius 1 is 1.22 bits per heavy atom. The monoisotopic (exact) mass is 381 g/mol. The van der Waals surface area contributed by atoms with Crippen LogP contribution in [0.1, 0.15) is 18.4 Å². The fourth-order valence-electron chi connectivity index (χ4n) is 3.47. The van der Waals surface area contributed by atoms with Crippen molar-refractivity contribution >= 4 is 40.0 Å². The van der Waals surface area contributed by atoms with Gasteiger partial charge in [-0.15, -0.1) is 0 Å². The molecule has 1 saturated heterocycles. The third-order valence-electron chi connectivity index (χ3n) is 4.84. The standard InChI is InChI=1S/C20H20ClN5O/c1-13-4-6-17-16(9-13)19(24-12-23-17)26-8-2-3-14(11-26)20(27)25-18-7-5-15(21)10-22-18/h4-7,9-10,12,14H,2-3,8,11H2,1H3,(H,22,25,27). The van der Waals surface area contributed by atoms with Crippen molar-refractivity contribution in [2.75, 3.05) is 23.3 Å². The molecule has 0 aliphatic carbocycles. The van der Waals surface area contributed by atoms with E-state index in [0.29, 0.717) is 17.4 Å². The Balaban J connectivity index is 1.54. The van der Waals surface area contributed by atoms with Crippen molar-refractivity contribution < 1.29 is 4.79 Å². The van der Waals surface area contributed by atoms with Crippen molar-refractivity contribution in [3.8, 4) is 0 Å². The number of amides is 1. The maximum Gasteiger partial charge on any atom is 0.230 e. The molecule has 1 aromatic carbocycles. The summed E-state index contributed by atoms with van der Waals surface area (Å²) in [4.78, 5) is 27.9. The van der Waals surface area contributed by atoms with E-state index in [4.69, 9.17) is 11.6 Å². The van der Waals surface area contributed by atoms with Gasteiger partial charge in [-0.05, 0) is 44.0 Å². The average molecular weight is 382 g/mol. The Hall–Kier alpha value is -2.73. The van der Waals surface area contributed by atoms with Crippen LogP contribution >= 0.6 is 11.6 Å². The van der Waals surface area contributed by atoms with E-state index in [9.17, 15) is 4.79 Å². The predicted octanol–water partition coefficient (Wildman–Crippen LogP) is 3.84. The Labute approximate surface area is 162 Å². The van der Waals surface area contributed by atoms with E-state index in [1.54, 1.807) is 18.5 Å². The number of halogens is 1. The number of carbonyl (C=O) groups excluding carboxylic acids is 1. The topological polar surface area (TPSA) is 71.0 Å². The second-order valence-electron chi connectivity index (χ2n) is 6.85. The normalized spacial score (nSPS) is 17.1. The number of anilines is 2. The van der Waals surface area contributed by atoms with Gasteiger partial charge in [0.05, 0.1) is 16.5 Å². The first-order chi connectivity index (χ1) is 13.1. The van der Waals surface area contributed by atoms with Gasteiger partial charge in [0.15, 0.2) is 0 Å². The number of carbonyl (C=O) groups is 1. The number of benzene rings is 1. The van der Waals surface area contributed by atoms with Crippen LogP contribution in [0.2, 0.25) is 5.02 Å². The molecule has 0 radical (unpaired) electrons. The summed E-state index contributed by atoms with van der Waals surface area (Å²) in [7, 11) is 0. The van der Waals surface area contributed by atoms with Gasteiger partial charge in [0.2, 0.25) is 5.91 Å². The molecule has 1 fully saturated rings. The van der Waals surface area contributed by atoms with E-state index in [-0.39, 0.29) is 11.8 Å². The number of rotatable bonds is 3. The van der Waals surface area contributed by atoms with Gasteiger partial charge in [0, 0.05) is 24.7 Å². The molecule has 0 spiro atoms. The minimum atomic E-state index is -0.119. The van der Waals surface area contributed by atoms with Crippen molar-refractivity contribution in [1.82, 2.24) is 15.0 Å². The molecule has 1 unspecified atom stereocenters. The molecule has 3 aromatic rings. The second kappa shape index (κ2) is 7.48. The van der Waals surface area contributed by atoms with Crippen LogP contribution in [0.4, 0.5) is 11.6 Å². The molecule has 1 aliphatic rings. The van der Waals surface area contributed by atoms with Gasteiger partial charge in [-0.3, -0.25) is 4.79 Å². The highest BCUT2D eigenvalue weighted by atomic mass is 35.5. The van der Waals surface area contributed by atoms with Crippen molar-refractivity contribution in [2.45, 2.75) is 19.8 Å². The minimum absolute atomic E-state index is 0.0240. The first-order valence-electron chi connectivity index (χ1n) is 8.99. The molecule has 2 aromatic heterocycles. The van der Waals surface area contributed by atoms with Gasteiger partial charge in [-0.1, -0.05) is 23.2 Å². The van der Waals surface area contributed by atoms with Crippen LogP contribution < -0.4 is 10.2 Å². The lowest BCUT2D eigenvalue weighted by Crippen LogP contribution is -2.41. The summed E-state index contributed by atoms with van der Waals surface area (Å²) in [5.41, 5.74) is 2.08. The van der Waals surface area contributed by atoms with Gasteiger partial charge in [-0.2, -0.15) is 0 Å². The molecule has 7 heteroatoms. The van der Waals surface area contributed by atoms with Crippen LogP contribution in [0.25, 0.3) is 10.9 Å². The number of nitrogens with one attached hydrogen (secondary N) is 1. The summed E-state index contributed by atoms with van der Waals surface area (Å²) >= 11 is 5.85. The SMILES string of the molecule is Cc1ccc2ncnc(N3CCCC(C(=O)Nc4ccc(Cl)cn4)C3)c2c1. The Bertz CT molecular complexity index is 976. The molecule has 27 heavy (non-hydrogen) atoms. The van der Waals surface area contributed by atoms with Crippen molar-refractivity contribution in [3.63, 3.8) is 0 Å². The maximum atomic E-state index is 12.7. The molecule has 1 N–H and O–H groups in total. The summed E-state index contributed by atoms with van der Waals surface area (Å²) in [6, 6.07) is 9.58. The van der Waals surface area contributed by atoms with Crippen molar-refractivity contribution in [2.24, 2.45) is 5.92 Å². The zero-order valence-corrected chi connectivity index (χ0v) is 15.8. The molecule has 3 heterocycles. The molecule has 1 atom stereocenters. The number of fused-ring (bicyclic) bond motifs is 1. The van der Waals surface area contributed by atoms with Gasteiger partial charge in [0.25, 0.3) is 0 Å². The van der Waals surface area contributed by atoms with Crippen molar-refractivity contribution in [1.29, 1.82) is 0 Å². The minimum Gasteiger partial charge on any atom is -0.355 e. The average Bonchev–Trinajstić information content (AvgIpc) is 2.69. The lowest BCUT2D eigenvalue weighted by atomic mass is 9.96. The summed E-state index contributed by atoms with van der Waals surface area (Å²) in [5, 5.41) is 4.46. The first-order valence-corrected chi connectivity index (χ1v) is 9.37. The number of hydrogen-bond acceptors (Lipinski definition) is 5. The number of aryl methyl sites for hydroxylation is 1. The summed E-state index contributed by atoms with van der Waals surface area (Å²) in [6.45, 7) is 3.56. The van der Waals surface area contributed by atoms with E-state index in [1.807, 2.05) is 12.1 Å². The molecular weight excluding hydrogens is 362 g/mol. The number of nitrogens with zero attached hydrogens (tertiary/aromatic N) is 4. The number of hydrogen-bond donors (Lipinski definition) is 1. The molecule has 138 valence electrons. The molecule has 0 saturated carbocycles. The molecule has 4 rings (SSSR count). The van der Waals surface area contributed by atoms with Crippen LogP contribution in [0.15, 0.2) is 42.9 Å². The van der Waals surface area contributed by atoms with Crippen LogP contribution in [0, 0.1) is 12.8 Å². The number of aromatic nitrogens is 3. The smallest absolute Gasteiger partial charge is 0.230 e. The van der Waals surface area contributed by atoms with Crippen LogP contribution in [-0.2, 0) is 4.79 Å². The van der Waals surface area contributed by atoms with Crippen molar-refractivity contribution in [3.05, 3.63) is 53.4 Å². The summed E-state index contributed by atoms with van der Waals surface area (Å²) in [6.07, 6.45) is 4.90. The summed E-state index contributed by atoms with van der Waals surface area (Å²) in [5.74, 6) is 1.27. The summed E-state index contributed by atoms with van der Waals surface area (Å²) < 4.78 is 0. The second-order valence-corrected chi connectivity index (χ2v) is 7.29. The molecule has 0 bridgehead atoms. The largest absolute Gasteiger partial charge is 0.355 e.